The Morgan fingerprint density at radius 3 is 2.82 bits per heavy atom. The number of pyridine rings is 1. The molecule has 0 bridgehead atoms. The summed E-state index contributed by atoms with van der Waals surface area (Å²) in [4.78, 5) is 4.01. The van der Waals surface area contributed by atoms with Crippen LogP contribution in [-0.4, -0.2) is 4.98 Å². The molecular weight excluding hydrogens is 236 g/mol. The Kier molecular flexibility index (Phi) is 3.61. The van der Waals surface area contributed by atoms with Crippen LogP contribution in [0.2, 0.25) is 5.02 Å². The second kappa shape index (κ2) is 5.17. The molecule has 2 rings (SSSR count). The van der Waals surface area contributed by atoms with Gasteiger partial charge >= 0.3 is 0 Å². The molecule has 2 N–H and O–H groups in total. The van der Waals surface area contributed by atoms with Gasteiger partial charge in [-0.2, -0.15) is 0 Å². The molecule has 2 aromatic rings. The molecule has 0 atom stereocenters. The predicted molar refractivity (Wildman–Crippen MR) is 68.4 cm³/mol. The fraction of sp³-hybridized carbons (Fsp3) is 0.154. The minimum Gasteiger partial charge on any atom is -0.457 e. The molecule has 0 aliphatic heterocycles. The third-order valence-corrected chi connectivity index (χ3v) is 2.67. The van der Waals surface area contributed by atoms with Crippen LogP contribution in [0.15, 0.2) is 36.7 Å². The van der Waals surface area contributed by atoms with Gasteiger partial charge in [0.1, 0.15) is 11.5 Å². The fourth-order valence-corrected chi connectivity index (χ4v) is 1.74. The van der Waals surface area contributed by atoms with Crippen LogP contribution in [0.3, 0.4) is 0 Å². The van der Waals surface area contributed by atoms with Gasteiger partial charge in [-0.15, -0.1) is 0 Å². The first-order chi connectivity index (χ1) is 8.20. The van der Waals surface area contributed by atoms with E-state index < -0.39 is 0 Å². The highest BCUT2D eigenvalue weighted by atomic mass is 35.5. The van der Waals surface area contributed by atoms with E-state index in [9.17, 15) is 0 Å². The van der Waals surface area contributed by atoms with Crippen molar-refractivity contribution in [1.29, 1.82) is 0 Å². The zero-order chi connectivity index (χ0) is 12.3. The Bertz CT molecular complexity index is 529. The number of nitrogens with two attached hydrogens (primary N) is 1. The molecule has 1 aromatic heterocycles. The lowest BCUT2D eigenvalue weighted by molar-refractivity contribution is 0.472. The minimum atomic E-state index is 0.399. The van der Waals surface area contributed by atoms with Crippen LogP contribution in [0.25, 0.3) is 0 Å². The number of halogens is 1. The number of aryl methyl sites for hydroxylation is 1. The van der Waals surface area contributed by atoms with Crippen molar-refractivity contribution in [2.24, 2.45) is 5.73 Å². The van der Waals surface area contributed by atoms with Crippen molar-refractivity contribution in [2.75, 3.05) is 0 Å². The Labute approximate surface area is 105 Å². The molecule has 0 aliphatic carbocycles. The number of benzene rings is 1. The van der Waals surface area contributed by atoms with Crippen molar-refractivity contribution >= 4 is 11.6 Å². The summed E-state index contributed by atoms with van der Waals surface area (Å²) in [6.45, 7) is 2.35. The summed E-state index contributed by atoms with van der Waals surface area (Å²) in [6, 6.07) is 7.31. The standard InChI is InChI=1S/C13H13ClN2O/c1-9-6-11(14)2-3-12(9)17-13-4-5-16-8-10(13)7-15/h2-6,8H,7,15H2,1H3. The van der Waals surface area contributed by atoms with Crippen LogP contribution < -0.4 is 10.5 Å². The number of ether oxygens (including phenoxy) is 1. The maximum Gasteiger partial charge on any atom is 0.135 e. The zero-order valence-corrected chi connectivity index (χ0v) is 10.2. The average molecular weight is 249 g/mol. The third kappa shape index (κ3) is 2.75. The molecule has 0 radical (unpaired) electrons. The molecule has 3 nitrogen and oxygen atoms in total. The van der Waals surface area contributed by atoms with Crippen LogP contribution in [0.1, 0.15) is 11.1 Å². The third-order valence-electron chi connectivity index (χ3n) is 2.44. The van der Waals surface area contributed by atoms with Gasteiger partial charge in [-0.1, -0.05) is 11.6 Å². The highest BCUT2D eigenvalue weighted by Gasteiger charge is 2.05. The highest BCUT2D eigenvalue weighted by molar-refractivity contribution is 6.30. The molecular formula is C13H13ClN2O. The van der Waals surface area contributed by atoms with Gasteiger partial charge in [0.15, 0.2) is 0 Å². The monoisotopic (exact) mass is 248 g/mol. The zero-order valence-electron chi connectivity index (χ0n) is 9.48. The van der Waals surface area contributed by atoms with E-state index in [-0.39, 0.29) is 0 Å². The van der Waals surface area contributed by atoms with Crippen molar-refractivity contribution in [3.8, 4) is 11.5 Å². The summed E-state index contributed by atoms with van der Waals surface area (Å²) in [5, 5.41) is 0.698. The quantitative estimate of drug-likeness (QED) is 0.907. The van der Waals surface area contributed by atoms with Crippen molar-refractivity contribution in [1.82, 2.24) is 4.98 Å². The van der Waals surface area contributed by atoms with Crippen LogP contribution in [0.4, 0.5) is 0 Å². The summed E-state index contributed by atoms with van der Waals surface area (Å²) in [5.74, 6) is 1.50. The van der Waals surface area contributed by atoms with Gasteiger partial charge in [-0.25, -0.2) is 0 Å². The Morgan fingerprint density at radius 2 is 2.12 bits per heavy atom. The molecule has 0 spiro atoms. The summed E-state index contributed by atoms with van der Waals surface area (Å²) in [6.07, 6.45) is 3.39. The summed E-state index contributed by atoms with van der Waals surface area (Å²) >= 11 is 5.89. The van der Waals surface area contributed by atoms with Crippen molar-refractivity contribution in [2.45, 2.75) is 13.5 Å². The van der Waals surface area contributed by atoms with E-state index in [0.717, 1.165) is 22.6 Å². The second-order valence-corrected chi connectivity index (χ2v) is 4.14. The van der Waals surface area contributed by atoms with Crippen LogP contribution in [0, 0.1) is 6.92 Å². The Morgan fingerprint density at radius 1 is 1.29 bits per heavy atom. The molecule has 0 aliphatic rings. The molecule has 1 aromatic carbocycles. The maximum atomic E-state index is 5.89. The van der Waals surface area contributed by atoms with E-state index in [1.807, 2.05) is 19.1 Å². The lowest BCUT2D eigenvalue weighted by Crippen LogP contribution is -2.00. The Hall–Kier alpha value is -1.58. The average Bonchev–Trinajstić information content (AvgIpc) is 2.33. The molecule has 0 unspecified atom stereocenters. The van der Waals surface area contributed by atoms with Crippen molar-refractivity contribution in [3.05, 3.63) is 52.8 Å². The van der Waals surface area contributed by atoms with E-state index in [2.05, 4.69) is 4.98 Å². The fourth-order valence-electron chi connectivity index (χ4n) is 1.51. The van der Waals surface area contributed by atoms with E-state index in [0.29, 0.717) is 11.6 Å². The molecule has 1 heterocycles. The molecule has 0 saturated heterocycles. The smallest absolute Gasteiger partial charge is 0.135 e. The van der Waals surface area contributed by atoms with Gasteiger partial charge < -0.3 is 10.5 Å². The van der Waals surface area contributed by atoms with Gasteiger partial charge in [-0.05, 0) is 36.8 Å². The van der Waals surface area contributed by atoms with Crippen molar-refractivity contribution < 1.29 is 4.74 Å². The molecule has 17 heavy (non-hydrogen) atoms. The van der Waals surface area contributed by atoms with Gasteiger partial charge in [-0.3, -0.25) is 4.98 Å². The van der Waals surface area contributed by atoms with Crippen LogP contribution >= 0.6 is 11.6 Å². The first-order valence-electron chi connectivity index (χ1n) is 5.27. The van der Waals surface area contributed by atoms with Crippen molar-refractivity contribution in [3.63, 3.8) is 0 Å². The Balaban J connectivity index is 2.31. The van der Waals surface area contributed by atoms with E-state index >= 15 is 0 Å². The SMILES string of the molecule is Cc1cc(Cl)ccc1Oc1ccncc1CN. The van der Waals surface area contributed by atoms with Gasteiger partial charge in [0.05, 0.1) is 0 Å². The van der Waals surface area contributed by atoms with Crippen LogP contribution in [-0.2, 0) is 6.54 Å². The minimum absolute atomic E-state index is 0.399. The van der Waals surface area contributed by atoms with E-state index in [1.165, 1.54) is 0 Å². The molecule has 0 amide bonds. The molecule has 4 heteroatoms. The number of hydrogen-bond acceptors (Lipinski definition) is 3. The largest absolute Gasteiger partial charge is 0.457 e. The maximum absolute atomic E-state index is 5.89. The molecule has 0 saturated carbocycles. The summed E-state index contributed by atoms with van der Waals surface area (Å²) in [5.41, 5.74) is 7.49. The lowest BCUT2D eigenvalue weighted by atomic mass is 10.2. The van der Waals surface area contributed by atoms with Gasteiger partial charge in [0, 0.05) is 29.5 Å². The van der Waals surface area contributed by atoms with Gasteiger partial charge in [0.25, 0.3) is 0 Å². The summed E-state index contributed by atoms with van der Waals surface area (Å²) in [7, 11) is 0. The number of nitrogens with zero attached hydrogens (tertiary/aromatic N) is 1. The topological polar surface area (TPSA) is 48.1 Å². The molecule has 0 fully saturated rings. The normalized spacial score (nSPS) is 10.3. The van der Waals surface area contributed by atoms with Gasteiger partial charge in [0.2, 0.25) is 0 Å². The predicted octanol–water partition coefficient (Wildman–Crippen LogP) is 3.29. The molecule has 88 valence electrons. The van der Waals surface area contributed by atoms with E-state index in [1.54, 1.807) is 24.5 Å². The summed E-state index contributed by atoms with van der Waals surface area (Å²) < 4.78 is 5.81. The number of hydrogen-bond donors (Lipinski definition) is 1. The first kappa shape index (κ1) is 11.9. The highest BCUT2D eigenvalue weighted by Crippen LogP contribution is 2.28. The second-order valence-electron chi connectivity index (χ2n) is 3.70. The number of aromatic nitrogens is 1. The van der Waals surface area contributed by atoms with E-state index in [4.69, 9.17) is 22.1 Å². The lowest BCUT2D eigenvalue weighted by Gasteiger charge is -2.11. The first-order valence-corrected chi connectivity index (χ1v) is 5.65. The number of rotatable bonds is 3. The van der Waals surface area contributed by atoms with Crippen LogP contribution in [0.5, 0.6) is 11.5 Å².